The zero-order valence-electron chi connectivity index (χ0n) is 11.3. The molecule has 1 aromatic carbocycles. The smallest absolute Gasteiger partial charge is 0.119 e. The van der Waals surface area contributed by atoms with Crippen LogP contribution in [0.5, 0.6) is 5.75 Å². The normalized spacial score (nSPS) is 21.1. The Morgan fingerprint density at radius 2 is 2.00 bits per heavy atom. The number of piperazine rings is 1. The fourth-order valence-electron chi connectivity index (χ4n) is 2.35. The molecular formula is C14H23N3O. The molecule has 0 aliphatic carbocycles. The number of nitrogens with zero attached hydrogens (tertiary/aromatic N) is 2. The van der Waals surface area contributed by atoms with E-state index in [1.54, 1.807) is 0 Å². The fourth-order valence-corrected chi connectivity index (χ4v) is 2.35. The number of rotatable bonds is 4. The third-order valence-corrected chi connectivity index (χ3v) is 3.56. The lowest BCUT2D eigenvalue weighted by atomic mass is 10.1. The van der Waals surface area contributed by atoms with Crippen LogP contribution >= 0.6 is 0 Å². The molecule has 100 valence electrons. The maximum Gasteiger partial charge on any atom is 0.119 e. The first kappa shape index (κ1) is 13.2. The van der Waals surface area contributed by atoms with Crippen molar-refractivity contribution in [2.45, 2.75) is 13.0 Å². The lowest BCUT2D eigenvalue weighted by Crippen LogP contribution is -2.54. The molecule has 18 heavy (non-hydrogen) atoms. The van der Waals surface area contributed by atoms with Crippen LogP contribution in [0.2, 0.25) is 0 Å². The summed E-state index contributed by atoms with van der Waals surface area (Å²) >= 11 is 0. The van der Waals surface area contributed by atoms with Crippen LogP contribution in [-0.2, 0) is 0 Å². The average Bonchev–Trinajstić information content (AvgIpc) is 2.41. The van der Waals surface area contributed by atoms with Gasteiger partial charge in [-0.25, -0.2) is 0 Å². The van der Waals surface area contributed by atoms with Crippen LogP contribution in [0.3, 0.4) is 0 Å². The number of nitrogens with two attached hydrogens (primary N) is 1. The summed E-state index contributed by atoms with van der Waals surface area (Å²) in [6.45, 7) is 6.55. The molecule has 2 N–H and O–H groups in total. The molecule has 1 aliphatic heterocycles. The van der Waals surface area contributed by atoms with Gasteiger partial charge in [-0.15, -0.1) is 0 Å². The van der Waals surface area contributed by atoms with Gasteiger partial charge in [0.05, 0.1) is 6.61 Å². The highest BCUT2D eigenvalue weighted by molar-refractivity contribution is 5.49. The van der Waals surface area contributed by atoms with E-state index in [9.17, 15) is 0 Å². The van der Waals surface area contributed by atoms with Crippen molar-refractivity contribution in [3.8, 4) is 5.75 Å². The Morgan fingerprint density at radius 1 is 1.28 bits per heavy atom. The summed E-state index contributed by atoms with van der Waals surface area (Å²) in [5, 5.41) is 0. The highest BCUT2D eigenvalue weighted by Gasteiger charge is 2.23. The third-order valence-electron chi connectivity index (χ3n) is 3.56. The summed E-state index contributed by atoms with van der Waals surface area (Å²) in [4.78, 5) is 4.73. The van der Waals surface area contributed by atoms with E-state index in [1.165, 1.54) is 5.69 Å². The molecule has 4 heteroatoms. The number of hydrogen-bond acceptors (Lipinski definition) is 4. The maximum atomic E-state index is 5.81. The van der Waals surface area contributed by atoms with Crippen molar-refractivity contribution in [3.63, 3.8) is 0 Å². The summed E-state index contributed by atoms with van der Waals surface area (Å²) in [7, 11) is 2.15. The van der Waals surface area contributed by atoms with E-state index in [4.69, 9.17) is 10.5 Å². The van der Waals surface area contributed by atoms with Gasteiger partial charge in [0.2, 0.25) is 0 Å². The minimum atomic E-state index is 0.449. The third kappa shape index (κ3) is 2.94. The van der Waals surface area contributed by atoms with Gasteiger partial charge in [-0.05, 0) is 38.2 Å². The van der Waals surface area contributed by atoms with Gasteiger partial charge in [0.1, 0.15) is 5.75 Å². The predicted molar refractivity (Wildman–Crippen MR) is 75.3 cm³/mol. The topological polar surface area (TPSA) is 41.7 Å². The molecule has 1 heterocycles. The molecule has 1 atom stereocenters. The summed E-state index contributed by atoms with van der Waals surface area (Å²) in [6.07, 6.45) is 0. The van der Waals surface area contributed by atoms with Gasteiger partial charge in [-0.2, -0.15) is 0 Å². The van der Waals surface area contributed by atoms with Gasteiger partial charge in [0, 0.05) is 37.9 Å². The standard InChI is InChI=1S/C14H23N3O/c1-3-18-14-6-4-12(5-7-14)17-9-8-16(2)13(10-15)11-17/h4-7,13H,3,8-11,15H2,1-2H3. The van der Waals surface area contributed by atoms with Crippen molar-refractivity contribution in [2.75, 3.05) is 44.7 Å². The second kappa shape index (κ2) is 6.07. The summed E-state index contributed by atoms with van der Waals surface area (Å²) < 4.78 is 5.46. The second-order valence-corrected chi connectivity index (χ2v) is 4.74. The van der Waals surface area contributed by atoms with Crippen LogP contribution in [0.25, 0.3) is 0 Å². The number of anilines is 1. The lowest BCUT2D eigenvalue weighted by Gasteiger charge is -2.40. The minimum absolute atomic E-state index is 0.449. The van der Waals surface area contributed by atoms with E-state index in [0.29, 0.717) is 19.2 Å². The van der Waals surface area contributed by atoms with Crippen LogP contribution in [0.15, 0.2) is 24.3 Å². The molecule has 1 saturated heterocycles. The Hall–Kier alpha value is -1.26. The Morgan fingerprint density at radius 3 is 2.61 bits per heavy atom. The van der Waals surface area contributed by atoms with Crippen molar-refractivity contribution in [1.82, 2.24) is 4.90 Å². The molecule has 1 fully saturated rings. The van der Waals surface area contributed by atoms with Crippen molar-refractivity contribution in [2.24, 2.45) is 5.73 Å². The lowest BCUT2D eigenvalue weighted by molar-refractivity contribution is 0.224. The predicted octanol–water partition coefficient (Wildman–Crippen LogP) is 1.16. The van der Waals surface area contributed by atoms with Crippen molar-refractivity contribution >= 4 is 5.69 Å². The Kier molecular flexibility index (Phi) is 4.44. The molecule has 0 aromatic heterocycles. The number of ether oxygens (including phenoxy) is 1. The van der Waals surface area contributed by atoms with E-state index in [0.717, 1.165) is 25.4 Å². The molecule has 0 amide bonds. The molecule has 1 aromatic rings. The second-order valence-electron chi connectivity index (χ2n) is 4.74. The first-order chi connectivity index (χ1) is 8.74. The number of benzene rings is 1. The fraction of sp³-hybridized carbons (Fsp3) is 0.571. The van der Waals surface area contributed by atoms with Crippen LogP contribution in [0, 0.1) is 0 Å². The van der Waals surface area contributed by atoms with Gasteiger partial charge in [-0.1, -0.05) is 0 Å². The minimum Gasteiger partial charge on any atom is -0.494 e. The molecule has 1 aliphatic rings. The van der Waals surface area contributed by atoms with Gasteiger partial charge in [-0.3, -0.25) is 4.90 Å². The summed E-state index contributed by atoms with van der Waals surface area (Å²) in [6, 6.07) is 8.78. The van der Waals surface area contributed by atoms with Gasteiger partial charge in [0.25, 0.3) is 0 Å². The molecule has 1 unspecified atom stereocenters. The first-order valence-electron chi connectivity index (χ1n) is 6.62. The van der Waals surface area contributed by atoms with Crippen molar-refractivity contribution in [3.05, 3.63) is 24.3 Å². The van der Waals surface area contributed by atoms with E-state index >= 15 is 0 Å². The number of hydrogen-bond donors (Lipinski definition) is 1. The first-order valence-corrected chi connectivity index (χ1v) is 6.62. The van der Waals surface area contributed by atoms with Crippen LogP contribution in [0.4, 0.5) is 5.69 Å². The van der Waals surface area contributed by atoms with E-state index in [2.05, 4.69) is 29.0 Å². The van der Waals surface area contributed by atoms with E-state index < -0.39 is 0 Å². The molecule has 0 radical (unpaired) electrons. The van der Waals surface area contributed by atoms with Crippen LogP contribution in [0.1, 0.15) is 6.92 Å². The molecule has 0 saturated carbocycles. The van der Waals surface area contributed by atoms with Crippen molar-refractivity contribution < 1.29 is 4.74 Å². The molecule has 4 nitrogen and oxygen atoms in total. The van der Waals surface area contributed by atoms with E-state index in [-0.39, 0.29) is 0 Å². The molecule has 0 spiro atoms. The van der Waals surface area contributed by atoms with Gasteiger partial charge < -0.3 is 15.4 Å². The largest absolute Gasteiger partial charge is 0.494 e. The quantitative estimate of drug-likeness (QED) is 0.869. The highest BCUT2D eigenvalue weighted by Crippen LogP contribution is 2.21. The SMILES string of the molecule is CCOc1ccc(N2CCN(C)C(CN)C2)cc1. The summed E-state index contributed by atoms with van der Waals surface area (Å²) in [5.74, 6) is 0.936. The molecule has 2 rings (SSSR count). The van der Waals surface area contributed by atoms with Crippen LogP contribution in [-0.4, -0.2) is 50.8 Å². The molecular weight excluding hydrogens is 226 g/mol. The zero-order chi connectivity index (χ0) is 13.0. The Bertz CT molecular complexity index is 366. The zero-order valence-corrected chi connectivity index (χ0v) is 11.3. The van der Waals surface area contributed by atoms with Crippen LogP contribution < -0.4 is 15.4 Å². The van der Waals surface area contributed by atoms with E-state index in [1.807, 2.05) is 19.1 Å². The molecule has 0 bridgehead atoms. The van der Waals surface area contributed by atoms with Gasteiger partial charge >= 0.3 is 0 Å². The maximum absolute atomic E-state index is 5.81. The Balaban J connectivity index is 2.02. The Labute approximate surface area is 109 Å². The number of likely N-dealkylation sites (N-methyl/N-ethyl adjacent to an activating group) is 1. The van der Waals surface area contributed by atoms with Gasteiger partial charge in [0.15, 0.2) is 0 Å². The highest BCUT2D eigenvalue weighted by atomic mass is 16.5. The van der Waals surface area contributed by atoms with Crippen molar-refractivity contribution in [1.29, 1.82) is 0 Å². The average molecular weight is 249 g/mol. The monoisotopic (exact) mass is 249 g/mol. The summed E-state index contributed by atoms with van der Waals surface area (Å²) in [5.41, 5.74) is 7.06.